The van der Waals surface area contributed by atoms with Crippen molar-refractivity contribution in [3.05, 3.63) is 24.3 Å². The fourth-order valence-corrected chi connectivity index (χ4v) is 2.82. The van der Waals surface area contributed by atoms with Crippen molar-refractivity contribution < 1.29 is 23.9 Å². The summed E-state index contributed by atoms with van der Waals surface area (Å²) >= 11 is 0. The highest BCUT2D eigenvalue weighted by molar-refractivity contribution is 5.93. The number of hydrogen-bond acceptors (Lipinski definition) is 6. The first-order chi connectivity index (χ1) is 13.1. The predicted octanol–water partition coefficient (Wildman–Crippen LogP) is 1.17. The van der Waals surface area contributed by atoms with Gasteiger partial charge in [-0.25, -0.2) is 0 Å². The molecule has 1 aliphatic heterocycles. The molecule has 0 bridgehead atoms. The van der Waals surface area contributed by atoms with Crippen LogP contribution in [0.15, 0.2) is 24.3 Å². The van der Waals surface area contributed by atoms with Crippen LogP contribution in [0.3, 0.4) is 0 Å². The van der Waals surface area contributed by atoms with Crippen LogP contribution in [-0.2, 0) is 19.1 Å². The molecule has 148 valence electrons. The maximum absolute atomic E-state index is 12.7. The Labute approximate surface area is 159 Å². The van der Waals surface area contributed by atoms with Crippen LogP contribution >= 0.6 is 0 Å². The zero-order chi connectivity index (χ0) is 19.6. The number of benzene rings is 1. The van der Waals surface area contributed by atoms with E-state index in [0.717, 1.165) is 0 Å². The molecular formula is C19H27N3O5. The molecule has 0 spiro atoms. The average molecular weight is 377 g/mol. The second kappa shape index (κ2) is 10.4. The second-order valence-electron chi connectivity index (χ2n) is 6.10. The number of nitrogens with one attached hydrogen (secondary N) is 2. The number of nitrogens with zero attached hydrogens (tertiary/aromatic N) is 1. The van der Waals surface area contributed by atoms with Gasteiger partial charge in [-0.1, -0.05) is 19.1 Å². The lowest BCUT2D eigenvalue weighted by atomic mass is 10.1. The minimum absolute atomic E-state index is 0.00211. The van der Waals surface area contributed by atoms with Crippen molar-refractivity contribution in [1.82, 2.24) is 10.2 Å². The lowest BCUT2D eigenvalue weighted by molar-refractivity contribution is -0.151. The first-order valence-electron chi connectivity index (χ1n) is 9.25. The summed E-state index contributed by atoms with van der Waals surface area (Å²) in [6.45, 7) is 5.31. The monoisotopic (exact) mass is 377 g/mol. The molecule has 0 aliphatic carbocycles. The number of carbonyl (C=O) groups is 3. The van der Waals surface area contributed by atoms with Crippen LogP contribution in [0.2, 0.25) is 0 Å². The van der Waals surface area contributed by atoms with Gasteiger partial charge in [0.2, 0.25) is 11.8 Å². The molecule has 27 heavy (non-hydrogen) atoms. The Morgan fingerprint density at radius 2 is 2.07 bits per heavy atom. The van der Waals surface area contributed by atoms with E-state index in [9.17, 15) is 14.4 Å². The number of para-hydroxylation sites is 2. The SMILES string of the molecule is CCCOC(=O)CC1C(=O)NCCN1C(=O)CNc1ccccc1OCC. The molecule has 1 aliphatic rings. The van der Waals surface area contributed by atoms with Gasteiger partial charge in [0.05, 0.1) is 31.9 Å². The minimum Gasteiger partial charge on any atom is -0.492 e. The lowest BCUT2D eigenvalue weighted by Gasteiger charge is -2.34. The van der Waals surface area contributed by atoms with Crippen LogP contribution in [0.5, 0.6) is 5.75 Å². The Balaban J connectivity index is 2.00. The van der Waals surface area contributed by atoms with Gasteiger partial charge in [-0.05, 0) is 25.5 Å². The van der Waals surface area contributed by atoms with Crippen molar-refractivity contribution in [2.75, 3.05) is 38.2 Å². The average Bonchev–Trinajstić information content (AvgIpc) is 2.67. The summed E-state index contributed by atoms with van der Waals surface area (Å²) in [7, 11) is 0. The van der Waals surface area contributed by atoms with Crippen LogP contribution in [0.25, 0.3) is 0 Å². The van der Waals surface area contributed by atoms with E-state index in [1.807, 2.05) is 38.1 Å². The summed E-state index contributed by atoms with van der Waals surface area (Å²) in [5, 5.41) is 5.75. The molecule has 2 amide bonds. The van der Waals surface area contributed by atoms with E-state index in [1.54, 1.807) is 0 Å². The topological polar surface area (TPSA) is 97.0 Å². The molecule has 1 unspecified atom stereocenters. The van der Waals surface area contributed by atoms with Gasteiger partial charge in [0.15, 0.2) is 0 Å². The van der Waals surface area contributed by atoms with Crippen LogP contribution in [-0.4, -0.2) is 61.6 Å². The Kier molecular flexibility index (Phi) is 7.91. The van der Waals surface area contributed by atoms with Gasteiger partial charge in [-0.15, -0.1) is 0 Å². The summed E-state index contributed by atoms with van der Waals surface area (Å²) in [5.74, 6) is -0.419. The summed E-state index contributed by atoms with van der Waals surface area (Å²) in [6, 6.07) is 6.48. The van der Waals surface area contributed by atoms with Gasteiger partial charge < -0.3 is 25.0 Å². The summed E-state index contributed by atoms with van der Waals surface area (Å²) < 4.78 is 10.6. The van der Waals surface area contributed by atoms with E-state index in [2.05, 4.69) is 10.6 Å². The van der Waals surface area contributed by atoms with E-state index in [1.165, 1.54) is 4.90 Å². The number of amides is 2. The normalized spacial score (nSPS) is 16.4. The second-order valence-corrected chi connectivity index (χ2v) is 6.10. The van der Waals surface area contributed by atoms with Gasteiger partial charge in [-0.2, -0.15) is 0 Å². The number of ether oxygens (including phenoxy) is 2. The van der Waals surface area contributed by atoms with Gasteiger partial charge in [0.1, 0.15) is 11.8 Å². The number of anilines is 1. The lowest BCUT2D eigenvalue weighted by Crippen LogP contribution is -2.58. The van der Waals surface area contributed by atoms with Gasteiger partial charge >= 0.3 is 5.97 Å². The van der Waals surface area contributed by atoms with Crippen LogP contribution in [0.1, 0.15) is 26.7 Å². The fourth-order valence-electron chi connectivity index (χ4n) is 2.82. The Bertz CT molecular complexity index is 665. The molecule has 1 atom stereocenters. The molecule has 2 rings (SSSR count). The summed E-state index contributed by atoms with van der Waals surface area (Å²) in [6.07, 6.45) is 0.557. The standard InChI is InChI=1S/C19H27N3O5/c1-3-11-27-18(24)12-15-19(25)20-9-10-22(15)17(23)13-21-14-7-5-6-8-16(14)26-4-2/h5-8,15,21H,3-4,9-13H2,1-2H3,(H,20,25). The van der Waals surface area contributed by atoms with E-state index < -0.39 is 12.0 Å². The highest BCUT2D eigenvalue weighted by atomic mass is 16.5. The highest BCUT2D eigenvalue weighted by Gasteiger charge is 2.34. The molecule has 2 N–H and O–H groups in total. The maximum atomic E-state index is 12.7. The van der Waals surface area contributed by atoms with E-state index in [0.29, 0.717) is 44.2 Å². The molecule has 8 heteroatoms. The number of piperazine rings is 1. The number of carbonyl (C=O) groups excluding carboxylic acids is 3. The van der Waals surface area contributed by atoms with Gasteiger partial charge in [-0.3, -0.25) is 14.4 Å². The van der Waals surface area contributed by atoms with Crippen molar-refractivity contribution in [2.24, 2.45) is 0 Å². The summed E-state index contributed by atoms with van der Waals surface area (Å²) in [5.41, 5.74) is 0.702. The predicted molar refractivity (Wildman–Crippen MR) is 100 cm³/mol. The number of hydrogen-bond donors (Lipinski definition) is 2. The van der Waals surface area contributed by atoms with E-state index in [-0.39, 0.29) is 24.8 Å². The van der Waals surface area contributed by atoms with Crippen molar-refractivity contribution in [1.29, 1.82) is 0 Å². The molecule has 0 saturated carbocycles. The molecular weight excluding hydrogens is 350 g/mol. The highest BCUT2D eigenvalue weighted by Crippen LogP contribution is 2.23. The third-order valence-electron chi connectivity index (χ3n) is 4.10. The first kappa shape index (κ1) is 20.5. The molecule has 1 saturated heterocycles. The largest absolute Gasteiger partial charge is 0.492 e. The summed E-state index contributed by atoms with van der Waals surface area (Å²) in [4.78, 5) is 38.2. The number of rotatable bonds is 9. The zero-order valence-electron chi connectivity index (χ0n) is 15.8. The van der Waals surface area contributed by atoms with Crippen LogP contribution in [0.4, 0.5) is 5.69 Å². The smallest absolute Gasteiger partial charge is 0.308 e. The molecule has 1 heterocycles. The van der Waals surface area contributed by atoms with Gasteiger partial charge in [0.25, 0.3) is 0 Å². The zero-order valence-corrected chi connectivity index (χ0v) is 15.8. The molecule has 0 radical (unpaired) electrons. The van der Waals surface area contributed by atoms with Gasteiger partial charge in [0, 0.05) is 13.1 Å². The van der Waals surface area contributed by atoms with Crippen molar-refractivity contribution in [2.45, 2.75) is 32.7 Å². The Morgan fingerprint density at radius 3 is 2.81 bits per heavy atom. The molecule has 1 fully saturated rings. The molecule has 0 aromatic heterocycles. The molecule has 1 aromatic carbocycles. The number of esters is 1. The van der Waals surface area contributed by atoms with Crippen LogP contribution < -0.4 is 15.4 Å². The Hall–Kier alpha value is -2.77. The van der Waals surface area contributed by atoms with Crippen molar-refractivity contribution >= 4 is 23.5 Å². The third kappa shape index (κ3) is 5.87. The fraction of sp³-hybridized carbons (Fsp3) is 0.526. The molecule has 8 nitrogen and oxygen atoms in total. The first-order valence-corrected chi connectivity index (χ1v) is 9.25. The quantitative estimate of drug-likeness (QED) is 0.627. The minimum atomic E-state index is -0.848. The van der Waals surface area contributed by atoms with E-state index >= 15 is 0 Å². The van der Waals surface area contributed by atoms with Crippen molar-refractivity contribution in [3.63, 3.8) is 0 Å². The van der Waals surface area contributed by atoms with E-state index in [4.69, 9.17) is 9.47 Å². The van der Waals surface area contributed by atoms with Crippen LogP contribution in [0, 0.1) is 0 Å². The molecule has 1 aromatic rings. The third-order valence-corrected chi connectivity index (χ3v) is 4.10. The maximum Gasteiger partial charge on any atom is 0.308 e. The Morgan fingerprint density at radius 1 is 1.30 bits per heavy atom. The van der Waals surface area contributed by atoms with Crippen molar-refractivity contribution in [3.8, 4) is 5.75 Å².